The quantitative estimate of drug-likeness (QED) is 0.246. The summed E-state index contributed by atoms with van der Waals surface area (Å²) in [6.07, 6.45) is -0.162. The van der Waals surface area contributed by atoms with E-state index in [1.807, 2.05) is 0 Å². The highest BCUT2D eigenvalue weighted by Crippen LogP contribution is 1.91. The maximum absolute atomic E-state index is 9.66. The Morgan fingerprint density at radius 2 is 2.50 bits per heavy atom. The van der Waals surface area contributed by atoms with Gasteiger partial charge in [-0.3, -0.25) is 0 Å². The second kappa shape index (κ2) is 4.70. The van der Waals surface area contributed by atoms with Gasteiger partial charge in [0.05, 0.1) is 6.42 Å². The maximum atomic E-state index is 9.66. The van der Waals surface area contributed by atoms with Gasteiger partial charge in [-0.05, 0) is 0 Å². The minimum Gasteiger partial charge on any atom is -0.353 e. The topological polar surface area (TPSA) is 55.8 Å². The molecule has 0 aliphatic heterocycles. The van der Waals surface area contributed by atoms with Crippen LogP contribution in [0.2, 0.25) is 0 Å². The summed E-state index contributed by atoms with van der Waals surface area (Å²) in [5, 5.41) is 7.87. The summed E-state index contributed by atoms with van der Waals surface area (Å²) in [6.45, 7) is 0. The number of methoxy groups -OCH3 is 1. The van der Waals surface area contributed by atoms with Crippen molar-refractivity contribution < 1.29 is 19.7 Å². The van der Waals surface area contributed by atoms with Crippen LogP contribution in [0.3, 0.4) is 0 Å². The van der Waals surface area contributed by atoms with Crippen molar-refractivity contribution in [2.24, 2.45) is 0 Å². The molecule has 4 nitrogen and oxygen atoms in total. The van der Waals surface area contributed by atoms with Crippen LogP contribution >= 0.6 is 0 Å². The maximum Gasteiger partial charge on any atom is 0.197 e. The third-order valence-corrected chi connectivity index (χ3v) is 0.669. The zero-order chi connectivity index (χ0) is 6.41. The SMILES string of the molecule is COC(CC=O)OO. The van der Waals surface area contributed by atoms with E-state index >= 15 is 0 Å². The molecule has 0 spiro atoms. The molecule has 0 aliphatic carbocycles. The molecule has 0 aromatic carbocycles. The molecular weight excluding hydrogens is 112 g/mol. The molecular formula is C4H8O4. The van der Waals surface area contributed by atoms with Crippen LogP contribution in [0.4, 0.5) is 0 Å². The molecule has 0 aromatic heterocycles. The highest BCUT2D eigenvalue weighted by molar-refractivity contribution is 5.49. The van der Waals surface area contributed by atoms with Crippen molar-refractivity contribution in [3.05, 3.63) is 0 Å². The van der Waals surface area contributed by atoms with E-state index in [4.69, 9.17) is 5.26 Å². The Morgan fingerprint density at radius 1 is 1.88 bits per heavy atom. The number of ether oxygens (including phenoxy) is 1. The number of hydrogen-bond acceptors (Lipinski definition) is 4. The largest absolute Gasteiger partial charge is 0.353 e. The van der Waals surface area contributed by atoms with Crippen molar-refractivity contribution in [1.29, 1.82) is 0 Å². The Morgan fingerprint density at radius 3 is 2.62 bits per heavy atom. The first-order valence-corrected chi connectivity index (χ1v) is 2.11. The molecule has 0 radical (unpaired) electrons. The average Bonchev–Trinajstić information content (AvgIpc) is 1.83. The monoisotopic (exact) mass is 120 g/mol. The van der Waals surface area contributed by atoms with Gasteiger partial charge >= 0.3 is 0 Å². The van der Waals surface area contributed by atoms with Crippen LogP contribution < -0.4 is 0 Å². The summed E-state index contributed by atoms with van der Waals surface area (Å²) in [6, 6.07) is 0. The van der Waals surface area contributed by atoms with Crippen LogP contribution in [0.1, 0.15) is 6.42 Å². The molecule has 0 saturated carbocycles. The van der Waals surface area contributed by atoms with Crippen molar-refractivity contribution in [1.82, 2.24) is 0 Å². The Balaban J connectivity index is 3.20. The van der Waals surface area contributed by atoms with Crippen molar-refractivity contribution in [3.63, 3.8) is 0 Å². The predicted octanol–water partition coefficient (Wildman–Crippen LogP) is 0.0375. The lowest BCUT2D eigenvalue weighted by atomic mass is 10.5. The van der Waals surface area contributed by atoms with E-state index in [0.29, 0.717) is 6.29 Å². The minimum absolute atomic E-state index is 0.0486. The molecule has 4 heteroatoms. The van der Waals surface area contributed by atoms with Crippen molar-refractivity contribution in [3.8, 4) is 0 Å². The molecule has 0 heterocycles. The standard InChI is InChI=1S/C4H8O4/c1-7-4(8-6)2-3-5/h3-4,6H,2H2,1H3. The third-order valence-electron chi connectivity index (χ3n) is 0.669. The number of carbonyl (C=O) groups is 1. The lowest BCUT2D eigenvalue weighted by Gasteiger charge is -2.04. The van der Waals surface area contributed by atoms with E-state index in [2.05, 4.69) is 9.62 Å². The molecule has 0 amide bonds. The van der Waals surface area contributed by atoms with Gasteiger partial charge in [0.25, 0.3) is 0 Å². The van der Waals surface area contributed by atoms with E-state index in [1.165, 1.54) is 7.11 Å². The fourth-order valence-corrected chi connectivity index (χ4v) is 0.261. The number of aldehydes is 1. The first-order chi connectivity index (χ1) is 3.85. The summed E-state index contributed by atoms with van der Waals surface area (Å²) < 4.78 is 4.44. The lowest BCUT2D eigenvalue weighted by molar-refractivity contribution is -0.338. The molecule has 0 aromatic rings. The van der Waals surface area contributed by atoms with E-state index in [1.54, 1.807) is 0 Å². The van der Waals surface area contributed by atoms with Crippen LogP contribution in [-0.2, 0) is 14.4 Å². The van der Waals surface area contributed by atoms with Crippen molar-refractivity contribution in [2.75, 3.05) is 7.11 Å². The van der Waals surface area contributed by atoms with Gasteiger partial charge in [-0.2, -0.15) is 0 Å². The van der Waals surface area contributed by atoms with Crippen LogP contribution in [0.5, 0.6) is 0 Å². The zero-order valence-electron chi connectivity index (χ0n) is 4.53. The molecule has 1 N–H and O–H groups in total. The average molecular weight is 120 g/mol. The Bertz CT molecular complexity index is 59.1. The lowest BCUT2D eigenvalue weighted by Crippen LogP contribution is -2.12. The van der Waals surface area contributed by atoms with Crippen LogP contribution in [0.15, 0.2) is 0 Å². The van der Waals surface area contributed by atoms with Gasteiger partial charge in [0, 0.05) is 7.11 Å². The molecule has 0 aliphatic rings. The highest BCUT2D eigenvalue weighted by Gasteiger charge is 2.02. The summed E-state index contributed by atoms with van der Waals surface area (Å²) in [7, 11) is 1.34. The predicted molar refractivity (Wildman–Crippen MR) is 25.2 cm³/mol. The molecule has 0 saturated heterocycles. The second-order valence-electron chi connectivity index (χ2n) is 1.17. The second-order valence-corrected chi connectivity index (χ2v) is 1.17. The van der Waals surface area contributed by atoms with Crippen LogP contribution in [0.25, 0.3) is 0 Å². The summed E-state index contributed by atoms with van der Waals surface area (Å²) in [5.41, 5.74) is 0. The third kappa shape index (κ3) is 2.68. The molecule has 1 atom stereocenters. The molecule has 0 bridgehead atoms. The highest BCUT2D eigenvalue weighted by atomic mass is 17.1. The molecule has 0 rings (SSSR count). The molecule has 0 fully saturated rings. The summed E-state index contributed by atoms with van der Waals surface area (Å²) in [4.78, 5) is 13.3. The number of carbonyl (C=O) groups excluding carboxylic acids is 1. The fraction of sp³-hybridized carbons (Fsp3) is 0.750. The van der Waals surface area contributed by atoms with Crippen LogP contribution in [0, 0.1) is 0 Å². The normalized spacial score (nSPS) is 13.2. The molecule has 8 heavy (non-hydrogen) atoms. The zero-order valence-corrected chi connectivity index (χ0v) is 4.53. The number of hydrogen-bond donors (Lipinski definition) is 1. The van der Waals surface area contributed by atoms with Gasteiger partial charge in [0.1, 0.15) is 6.29 Å². The Hall–Kier alpha value is -0.450. The van der Waals surface area contributed by atoms with Gasteiger partial charge < -0.3 is 9.53 Å². The summed E-state index contributed by atoms with van der Waals surface area (Å²) >= 11 is 0. The first kappa shape index (κ1) is 7.55. The van der Waals surface area contributed by atoms with E-state index in [9.17, 15) is 4.79 Å². The Labute approximate surface area is 46.9 Å². The van der Waals surface area contributed by atoms with Gasteiger partial charge in [0.15, 0.2) is 6.29 Å². The van der Waals surface area contributed by atoms with Crippen molar-refractivity contribution >= 4 is 6.29 Å². The van der Waals surface area contributed by atoms with Gasteiger partial charge in [-0.25, -0.2) is 10.1 Å². The molecule has 48 valence electrons. The summed E-state index contributed by atoms with van der Waals surface area (Å²) in [5.74, 6) is 0. The van der Waals surface area contributed by atoms with Crippen LogP contribution in [-0.4, -0.2) is 24.9 Å². The smallest absolute Gasteiger partial charge is 0.197 e. The Kier molecular flexibility index (Phi) is 4.44. The van der Waals surface area contributed by atoms with E-state index < -0.39 is 6.29 Å². The number of rotatable bonds is 4. The minimum atomic E-state index is -0.813. The fourth-order valence-electron chi connectivity index (χ4n) is 0.261. The van der Waals surface area contributed by atoms with E-state index in [-0.39, 0.29) is 6.42 Å². The van der Waals surface area contributed by atoms with Crippen molar-refractivity contribution in [2.45, 2.75) is 12.7 Å². The first-order valence-electron chi connectivity index (χ1n) is 2.11. The van der Waals surface area contributed by atoms with Gasteiger partial charge in [-0.1, -0.05) is 0 Å². The molecule has 1 unspecified atom stereocenters. The van der Waals surface area contributed by atoms with Gasteiger partial charge in [0.2, 0.25) is 0 Å². The van der Waals surface area contributed by atoms with E-state index in [0.717, 1.165) is 0 Å². The van der Waals surface area contributed by atoms with Gasteiger partial charge in [-0.15, -0.1) is 0 Å².